The fraction of sp³-hybridized carbons (Fsp3) is 0.115. The minimum Gasteiger partial charge on any atom is -0.493 e. The van der Waals surface area contributed by atoms with Crippen LogP contribution in [0.1, 0.15) is 34.5 Å². The number of amides is 1. The Kier molecular flexibility index (Phi) is 6.91. The monoisotopic (exact) mass is 475 g/mol. The van der Waals surface area contributed by atoms with Crippen LogP contribution in [0.2, 0.25) is 0 Å². The number of hydrogen-bond donors (Lipinski definition) is 0. The zero-order valence-electron chi connectivity index (χ0n) is 18.1. The summed E-state index contributed by atoms with van der Waals surface area (Å²) in [6.45, 7) is 1.96. The summed E-state index contributed by atoms with van der Waals surface area (Å²) in [7, 11) is 1.50. The van der Waals surface area contributed by atoms with Gasteiger partial charge in [-0.15, -0.1) is 0 Å². The Bertz CT molecular complexity index is 1230. The van der Waals surface area contributed by atoms with Gasteiger partial charge in [-0.2, -0.15) is 0 Å². The van der Waals surface area contributed by atoms with Gasteiger partial charge in [0.25, 0.3) is 5.91 Å². The van der Waals surface area contributed by atoms with Gasteiger partial charge in [-0.25, -0.2) is 4.79 Å². The van der Waals surface area contributed by atoms with E-state index in [1.165, 1.54) is 18.9 Å². The Morgan fingerprint density at radius 1 is 1.00 bits per heavy atom. The lowest BCUT2D eigenvalue weighted by Crippen LogP contribution is -2.30. The molecule has 166 valence electrons. The molecule has 3 aromatic rings. The molecule has 0 N–H and O–H groups in total. The minimum absolute atomic E-state index is 0.139. The first-order chi connectivity index (χ1) is 16.0. The number of nitrogens with zero attached hydrogens (tertiary/aromatic N) is 1. The summed E-state index contributed by atoms with van der Waals surface area (Å²) in [4.78, 5) is 27.7. The van der Waals surface area contributed by atoms with E-state index in [0.29, 0.717) is 26.3 Å². The molecule has 0 unspecified atom stereocenters. The van der Waals surface area contributed by atoms with Gasteiger partial charge in [0.15, 0.2) is 11.5 Å². The Hall–Kier alpha value is -3.42. The Labute approximate surface area is 202 Å². The van der Waals surface area contributed by atoms with Crippen molar-refractivity contribution in [3.05, 3.63) is 100 Å². The molecule has 33 heavy (non-hydrogen) atoms. The molecule has 0 aliphatic carbocycles. The first-order valence-corrected chi connectivity index (χ1v) is 11.5. The van der Waals surface area contributed by atoms with Crippen molar-refractivity contribution >= 4 is 46.3 Å². The number of hydrogen-bond acceptors (Lipinski definition) is 6. The van der Waals surface area contributed by atoms with Crippen LogP contribution in [0.5, 0.6) is 11.5 Å². The first-order valence-electron chi connectivity index (χ1n) is 10.2. The van der Waals surface area contributed by atoms with Crippen LogP contribution < -0.4 is 9.47 Å². The second-order valence-corrected chi connectivity index (χ2v) is 8.98. The normalized spacial score (nSPS) is 15.6. The fourth-order valence-corrected chi connectivity index (χ4v) is 4.86. The van der Waals surface area contributed by atoms with Gasteiger partial charge in [0.1, 0.15) is 4.32 Å². The summed E-state index contributed by atoms with van der Waals surface area (Å²) >= 11 is 6.76. The second kappa shape index (κ2) is 10.0. The van der Waals surface area contributed by atoms with Crippen LogP contribution in [0.25, 0.3) is 6.08 Å². The lowest BCUT2D eigenvalue weighted by molar-refractivity contribution is -0.123. The van der Waals surface area contributed by atoms with E-state index in [4.69, 9.17) is 21.7 Å². The molecule has 3 aromatic carbocycles. The Morgan fingerprint density at radius 3 is 2.33 bits per heavy atom. The highest BCUT2D eigenvalue weighted by Gasteiger charge is 2.35. The molecule has 1 saturated heterocycles. The zero-order chi connectivity index (χ0) is 23.4. The summed E-state index contributed by atoms with van der Waals surface area (Å²) in [5.41, 5.74) is 2.19. The maximum atomic E-state index is 13.1. The summed E-state index contributed by atoms with van der Waals surface area (Å²) in [6.07, 6.45) is 1.77. The third-order valence-corrected chi connectivity index (χ3v) is 6.52. The van der Waals surface area contributed by atoms with E-state index in [9.17, 15) is 9.59 Å². The lowest BCUT2D eigenvalue weighted by atomic mass is 10.1. The number of carbonyl (C=O) groups excluding carboxylic acids is 2. The minimum atomic E-state index is -0.475. The lowest BCUT2D eigenvalue weighted by Gasteiger charge is -2.23. The predicted molar refractivity (Wildman–Crippen MR) is 134 cm³/mol. The molecule has 5 nitrogen and oxygen atoms in total. The molecule has 1 amide bonds. The summed E-state index contributed by atoms with van der Waals surface area (Å²) in [5, 5.41) is 0. The number of benzene rings is 3. The molecule has 4 rings (SSSR count). The van der Waals surface area contributed by atoms with E-state index in [-0.39, 0.29) is 11.9 Å². The van der Waals surface area contributed by atoms with Gasteiger partial charge in [-0.05, 0) is 48.4 Å². The zero-order valence-corrected chi connectivity index (χ0v) is 19.7. The van der Waals surface area contributed by atoms with Crippen LogP contribution in [0.15, 0.2) is 83.8 Å². The molecule has 1 aliphatic heterocycles. The third-order valence-electron chi connectivity index (χ3n) is 5.19. The average Bonchev–Trinajstić information content (AvgIpc) is 3.13. The van der Waals surface area contributed by atoms with Gasteiger partial charge in [0, 0.05) is 0 Å². The van der Waals surface area contributed by atoms with Crippen molar-refractivity contribution in [1.82, 2.24) is 4.90 Å². The van der Waals surface area contributed by atoms with Crippen LogP contribution in [-0.2, 0) is 4.79 Å². The molecule has 1 fully saturated rings. The highest BCUT2D eigenvalue weighted by Crippen LogP contribution is 2.39. The molecule has 1 atom stereocenters. The van der Waals surface area contributed by atoms with Gasteiger partial charge >= 0.3 is 5.97 Å². The molecular weight excluding hydrogens is 454 g/mol. The molecule has 0 spiro atoms. The topological polar surface area (TPSA) is 55.8 Å². The Balaban J connectivity index is 1.54. The smallest absolute Gasteiger partial charge is 0.343 e. The molecule has 1 heterocycles. The van der Waals surface area contributed by atoms with E-state index >= 15 is 0 Å². The molecule has 7 heteroatoms. The number of esters is 1. The fourth-order valence-electron chi connectivity index (χ4n) is 3.44. The van der Waals surface area contributed by atoms with Crippen molar-refractivity contribution < 1.29 is 19.1 Å². The van der Waals surface area contributed by atoms with Gasteiger partial charge in [0.2, 0.25) is 0 Å². The number of thiocarbonyl (C=S) groups is 1. The van der Waals surface area contributed by atoms with Gasteiger partial charge in [0.05, 0.1) is 23.6 Å². The highest BCUT2D eigenvalue weighted by molar-refractivity contribution is 8.26. The maximum absolute atomic E-state index is 13.1. The number of methoxy groups -OCH3 is 1. The molecule has 1 aliphatic rings. The van der Waals surface area contributed by atoms with Crippen LogP contribution in [-0.4, -0.2) is 28.2 Å². The van der Waals surface area contributed by atoms with Crippen molar-refractivity contribution in [2.45, 2.75) is 13.0 Å². The van der Waals surface area contributed by atoms with Crippen LogP contribution in [0, 0.1) is 0 Å². The van der Waals surface area contributed by atoms with E-state index in [0.717, 1.165) is 11.1 Å². The summed E-state index contributed by atoms with van der Waals surface area (Å²) in [5.74, 6) is 0.0761. The van der Waals surface area contributed by atoms with E-state index in [2.05, 4.69) is 0 Å². The maximum Gasteiger partial charge on any atom is 0.343 e. The third kappa shape index (κ3) is 4.99. The van der Waals surface area contributed by atoms with E-state index in [1.807, 2.05) is 43.3 Å². The molecule has 0 aromatic heterocycles. The molecule has 0 bridgehead atoms. The second-order valence-electron chi connectivity index (χ2n) is 7.30. The van der Waals surface area contributed by atoms with Crippen molar-refractivity contribution in [3.63, 3.8) is 0 Å². The van der Waals surface area contributed by atoms with E-state index < -0.39 is 5.97 Å². The van der Waals surface area contributed by atoms with Crippen molar-refractivity contribution in [2.24, 2.45) is 0 Å². The highest BCUT2D eigenvalue weighted by atomic mass is 32.2. The summed E-state index contributed by atoms with van der Waals surface area (Å²) < 4.78 is 11.4. The molecule has 0 radical (unpaired) electrons. The Morgan fingerprint density at radius 2 is 1.67 bits per heavy atom. The molecular formula is C26H21NO4S2. The predicted octanol–water partition coefficient (Wildman–Crippen LogP) is 5.88. The van der Waals surface area contributed by atoms with Gasteiger partial charge in [-0.3, -0.25) is 9.69 Å². The van der Waals surface area contributed by atoms with Crippen molar-refractivity contribution in [3.8, 4) is 11.5 Å². The molecule has 0 saturated carbocycles. The van der Waals surface area contributed by atoms with Gasteiger partial charge < -0.3 is 9.47 Å². The number of thioether (sulfide) groups is 1. The van der Waals surface area contributed by atoms with Crippen LogP contribution in [0.4, 0.5) is 0 Å². The van der Waals surface area contributed by atoms with Crippen LogP contribution >= 0.6 is 24.0 Å². The van der Waals surface area contributed by atoms with Crippen molar-refractivity contribution in [2.75, 3.05) is 7.11 Å². The first kappa shape index (κ1) is 22.8. The summed E-state index contributed by atoms with van der Waals surface area (Å²) in [6, 6.07) is 23.5. The SMILES string of the molecule is COc1cc(/C=C2/SC(=S)N([C@H](C)c3ccccc3)C2=O)ccc1OC(=O)c1ccccc1. The standard InChI is InChI=1S/C26H21NO4S2/c1-17(19-9-5-3-6-10-19)27-24(28)23(33-26(27)32)16-18-13-14-21(22(15-18)30-2)31-25(29)20-11-7-4-8-12-20/h3-17H,1-2H3/b23-16+/t17-/m1/s1. The average molecular weight is 476 g/mol. The van der Waals surface area contributed by atoms with E-state index in [1.54, 1.807) is 53.4 Å². The quantitative estimate of drug-likeness (QED) is 0.192. The van der Waals surface area contributed by atoms with Crippen molar-refractivity contribution in [1.29, 1.82) is 0 Å². The number of ether oxygens (including phenoxy) is 2. The number of carbonyl (C=O) groups is 2. The van der Waals surface area contributed by atoms with Crippen LogP contribution in [0.3, 0.4) is 0 Å². The largest absolute Gasteiger partial charge is 0.493 e. The number of rotatable bonds is 6. The van der Waals surface area contributed by atoms with Gasteiger partial charge in [-0.1, -0.05) is 78.6 Å².